The number of benzene rings is 2. The molecule has 0 aliphatic carbocycles. The van der Waals surface area contributed by atoms with E-state index >= 15 is 0 Å². The summed E-state index contributed by atoms with van der Waals surface area (Å²) in [6.45, 7) is 5.12. The molecule has 4 rings (SSSR count). The number of nitrogens with zero attached hydrogens (tertiary/aromatic N) is 2. The van der Waals surface area contributed by atoms with Gasteiger partial charge in [0.15, 0.2) is 5.58 Å². The van der Waals surface area contributed by atoms with Gasteiger partial charge in [-0.15, -0.1) is 0 Å². The summed E-state index contributed by atoms with van der Waals surface area (Å²) >= 11 is 0. The minimum atomic E-state index is -5.10. The number of hydrogen-bond acceptors (Lipinski definition) is 6. The van der Waals surface area contributed by atoms with Crippen LogP contribution in [0.25, 0.3) is 22.2 Å². The molecule has 0 aliphatic heterocycles. The molecule has 2 heterocycles. The van der Waals surface area contributed by atoms with Gasteiger partial charge in [0, 0.05) is 23.1 Å². The molecule has 8 nitrogen and oxygen atoms in total. The van der Waals surface area contributed by atoms with Gasteiger partial charge in [0.1, 0.15) is 17.1 Å². The summed E-state index contributed by atoms with van der Waals surface area (Å²) in [5.41, 5.74) is 1.41. The van der Waals surface area contributed by atoms with E-state index in [0.29, 0.717) is 33.5 Å². The first kappa shape index (κ1) is 26.6. The van der Waals surface area contributed by atoms with Crippen LogP contribution in [0.4, 0.5) is 23.8 Å². The van der Waals surface area contributed by atoms with Crippen molar-refractivity contribution in [3.63, 3.8) is 0 Å². The number of anilines is 1. The minimum Gasteiger partial charge on any atom is -0.444 e. The van der Waals surface area contributed by atoms with Gasteiger partial charge in [-0.05, 0) is 50.6 Å². The van der Waals surface area contributed by atoms with Crippen molar-refractivity contribution >= 4 is 28.8 Å². The van der Waals surface area contributed by atoms with Crippen molar-refractivity contribution in [3.8, 4) is 11.3 Å². The van der Waals surface area contributed by atoms with Crippen molar-refractivity contribution in [3.05, 3.63) is 78.0 Å². The highest BCUT2D eigenvalue weighted by atomic mass is 19.4. The summed E-state index contributed by atoms with van der Waals surface area (Å²) in [6, 6.07) is 17.3. The van der Waals surface area contributed by atoms with Gasteiger partial charge in [-0.3, -0.25) is 10.1 Å². The molecule has 2 aromatic carbocycles. The fourth-order valence-electron chi connectivity index (χ4n) is 3.86. The molecular formula is C27H25F3N4O4. The third-order valence-electron chi connectivity index (χ3n) is 5.38. The number of pyridine rings is 1. The predicted octanol–water partition coefficient (Wildman–Crippen LogP) is 6.20. The van der Waals surface area contributed by atoms with Gasteiger partial charge in [-0.25, -0.2) is 9.78 Å². The maximum absolute atomic E-state index is 13.3. The smallest absolute Gasteiger partial charge is 0.444 e. The number of carbonyl (C=O) groups excluding carboxylic acids is 2. The second-order valence-corrected chi connectivity index (χ2v) is 9.48. The zero-order valence-corrected chi connectivity index (χ0v) is 20.8. The van der Waals surface area contributed by atoms with Gasteiger partial charge in [0.2, 0.25) is 0 Å². The Balaban J connectivity index is 1.70. The van der Waals surface area contributed by atoms with Crippen LogP contribution in [0.1, 0.15) is 38.1 Å². The first-order chi connectivity index (χ1) is 17.9. The van der Waals surface area contributed by atoms with Gasteiger partial charge in [0.05, 0.1) is 6.04 Å². The molecule has 11 heteroatoms. The van der Waals surface area contributed by atoms with Gasteiger partial charge >= 0.3 is 18.2 Å². The molecule has 0 bridgehead atoms. The van der Waals surface area contributed by atoms with E-state index in [1.54, 1.807) is 81.4 Å². The van der Waals surface area contributed by atoms with Crippen LogP contribution in [0.5, 0.6) is 0 Å². The van der Waals surface area contributed by atoms with Crippen LogP contribution in [0, 0.1) is 0 Å². The van der Waals surface area contributed by atoms with Gasteiger partial charge in [-0.1, -0.05) is 47.6 Å². The Labute approximate surface area is 216 Å². The van der Waals surface area contributed by atoms with E-state index in [0.717, 1.165) is 0 Å². The zero-order chi connectivity index (χ0) is 27.5. The van der Waals surface area contributed by atoms with E-state index < -0.39 is 29.8 Å². The van der Waals surface area contributed by atoms with Crippen LogP contribution in [0.2, 0.25) is 0 Å². The van der Waals surface area contributed by atoms with Crippen LogP contribution in [-0.2, 0) is 16.0 Å². The number of para-hydroxylation sites is 1. The molecule has 0 saturated carbocycles. The normalized spacial score (nSPS) is 12.7. The van der Waals surface area contributed by atoms with Crippen molar-refractivity contribution in [2.45, 2.75) is 45.0 Å². The lowest BCUT2D eigenvalue weighted by molar-refractivity contribution is -0.174. The van der Waals surface area contributed by atoms with Crippen molar-refractivity contribution in [2.24, 2.45) is 0 Å². The average molecular weight is 527 g/mol. The van der Waals surface area contributed by atoms with Crippen LogP contribution < -0.4 is 10.6 Å². The Hall–Kier alpha value is -4.41. The number of aromatic nitrogens is 2. The molecule has 0 fully saturated rings. The largest absolute Gasteiger partial charge is 0.471 e. The number of halogens is 3. The number of nitrogens with one attached hydrogen (secondary N) is 2. The molecule has 4 aromatic rings. The van der Waals surface area contributed by atoms with Crippen molar-refractivity contribution in [2.75, 3.05) is 5.32 Å². The van der Waals surface area contributed by atoms with Gasteiger partial charge in [0.25, 0.3) is 0 Å². The number of carbonyl (C=O) groups is 2. The SMILES string of the molecule is CC(C)(C)OC(=O)Nc1cccc(C[C@H](NC(=O)C(F)(F)F)c2ccccc2-c2noc3ccccc23)n1. The number of hydrogen-bond donors (Lipinski definition) is 2. The molecule has 0 aliphatic rings. The lowest BCUT2D eigenvalue weighted by Crippen LogP contribution is -2.40. The third-order valence-corrected chi connectivity index (χ3v) is 5.38. The Morgan fingerprint density at radius 3 is 2.42 bits per heavy atom. The average Bonchev–Trinajstić information content (AvgIpc) is 3.26. The molecular weight excluding hydrogens is 501 g/mol. The standard InChI is InChI=1S/C27H25F3N4O4/c1-26(2,3)37-25(36)33-22-14-8-9-16(31-22)15-20(32-24(35)27(28,29)30)17-10-4-5-11-18(17)23-19-12-6-7-13-21(19)38-34-23/h4-14,20H,15H2,1-3H3,(H,32,35)(H,31,33,36)/t20-/m0/s1. The number of rotatable bonds is 6. The van der Waals surface area contributed by atoms with E-state index in [1.807, 2.05) is 0 Å². The Bertz CT molecular complexity index is 1460. The molecule has 2 N–H and O–H groups in total. The third kappa shape index (κ3) is 6.47. The van der Waals surface area contributed by atoms with Crippen molar-refractivity contribution < 1.29 is 32.0 Å². The lowest BCUT2D eigenvalue weighted by atomic mass is 9.93. The lowest BCUT2D eigenvalue weighted by Gasteiger charge is -2.22. The van der Waals surface area contributed by atoms with E-state index in [4.69, 9.17) is 9.26 Å². The second kappa shape index (κ2) is 10.5. The number of ether oxygens (including phenoxy) is 1. The van der Waals surface area contributed by atoms with Gasteiger partial charge in [-0.2, -0.15) is 13.2 Å². The van der Waals surface area contributed by atoms with E-state index in [-0.39, 0.29) is 12.2 Å². The molecule has 0 radical (unpaired) electrons. The molecule has 198 valence electrons. The summed E-state index contributed by atoms with van der Waals surface area (Å²) < 4.78 is 50.4. The quantitative estimate of drug-likeness (QED) is 0.310. The fourth-order valence-corrected chi connectivity index (χ4v) is 3.86. The Morgan fingerprint density at radius 2 is 1.68 bits per heavy atom. The monoisotopic (exact) mass is 526 g/mol. The highest BCUT2D eigenvalue weighted by Gasteiger charge is 2.40. The zero-order valence-electron chi connectivity index (χ0n) is 20.8. The van der Waals surface area contributed by atoms with Crippen LogP contribution in [0.3, 0.4) is 0 Å². The molecule has 2 aromatic heterocycles. The maximum Gasteiger partial charge on any atom is 0.471 e. The number of fused-ring (bicyclic) bond motifs is 1. The topological polar surface area (TPSA) is 106 Å². The van der Waals surface area contributed by atoms with E-state index in [9.17, 15) is 22.8 Å². The van der Waals surface area contributed by atoms with Crippen molar-refractivity contribution in [1.29, 1.82) is 0 Å². The molecule has 0 unspecified atom stereocenters. The summed E-state index contributed by atoms with van der Waals surface area (Å²) in [7, 11) is 0. The summed E-state index contributed by atoms with van der Waals surface area (Å²) in [6.07, 6.45) is -5.94. The summed E-state index contributed by atoms with van der Waals surface area (Å²) in [4.78, 5) is 28.5. The van der Waals surface area contributed by atoms with E-state index in [1.165, 1.54) is 6.07 Å². The first-order valence-corrected chi connectivity index (χ1v) is 11.7. The molecule has 0 spiro atoms. The number of amides is 2. The van der Waals surface area contributed by atoms with Crippen LogP contribution >= 0.6 is 0 Å². The Morgan fingerprint density at radius 1 is 0.974 bits per heavy atom. The fraction of sp³-hybridized carbons (Fsp3) is 0.259. The van der Waals surface area contributed by atoms with E-state index in [2.05, 4.69) is 20.8 Å². The summed E-state index contributed by atoms with van der Waals surface area (Å²) in [5.74, 6) is -1.95. The molecule has 2 amide bonds. The van der Waals surface area contributed by atoms with Gasteiger partial charge < -0.3 is 14.6 Å². The van der Waals surface area contributed by atoms with Crippen LogP contribution in [0.15, 0.2) is 71.3 Å². The highest BCUT2D eigenvalue weighted by molar-refractivity contribution is 5.92. The molecule has 1 atom stereocenters. The molecule has 38 heavy (non-hydrogen) atoms. The number of alkyl halides is 3. The summed E-state index contributed by atoms with van der Waals surface area (Å²) in [5, 5.41) is 9.40. The predicted molar refractivity (Wildman–Crippen MR) is 134 cm³/mol. The van der Waals surface area contributed by atoms with Crippen molar-refractivity contribution in [1.82, 2.24) is 15.5 Å². The minimum absolute atomic E-state index is 0.113. The Kier molecular flexibility index (Phi) is 7.38. The highest BCUT2D eigenvalue weighted by Crippen LogP contribution is 2.34. The van der Waals surface area contributed by atoms with Crippen LogP contribution in [-0.4, -0.2) is 33.9 Å². The first-order valence-electron chi connectivity index (χ1n) is 11.7. The maximum atomic E-state index is 13.3. The second-order valence-electron chi connectivity index (χ2n) is 9.48. The molecule has 0 saturated heterocycles.